The molecule has 0 saturated carbocycles. The molecule has 6 aromatic rings. The van der Waals surface area contributed by atoms with Crippen molar-refractivity contribution in [3.05, 3.63) is 115 Å². The molecule has 4 aromatic carbocycles. The molecule has 0 aliphatic carbocycles. The first-order chi connectivity index (χ1) is 15.4. The van der Waals surface area contributed by atoms with E-state index >= 15 is 0 Å². The van der Waals surface area contributed by atoms with E-state index in [-0.39, 0.29) is 0 Å². The molecule has 0 fully saturated rings. The predicted octanol–water partition coefficient (Wildman–Crippen LogP) is 8.45. The first-order valence-corrected chi connectivity index (χ1v) is 11.2. The van der Waals surface area contributed by atoms with Gasteiger partial charge in [0.05, 0.1) is 10.4 Å². The van der Waals surface area contributed by atoms with Crippen LogP contribution in [0.2, 0.25) is 0 Å². The van der Waals surface area contributed by atoms with Crippen LogP contribution >= 0.6 is 11.3 Å². The Morgan fingerprint density at radius 2 is 1.10 bits per heavy atom. The third kappa shape index (κ3) is 3.04. The van der Waals surface area contributed by atoms with Gasteiger partial charge in [-0.1, -0.05) is 97.1 Å². The van der Waals surface area contributed by atoms with Gasteiger partial charge in [0.25, 0.3) is 0 Å². The van der Waals surface area contributed by atoms with Crippen LogP contribution in [0.4, 0.5) is 0 Å². The number of rotatable bonds is 3. The van der Waals surface area contributed by atoms with Crippen molar-refractivity contribution >= 4 is 31.5 Å². The van der Waals surface area contributed by atoms with Gasteiger partial charge in [-0.15, -0.1) is 11.3 Å². The molecule has 146 valence electrons. The molecule has 0 N–H and O–H groups in total. The molecule has 0 unspecified atom stereocenters. The SMILES string of the molecule is c1ccc(-c2ccccc2-c2ccccc2-c2nccc3c2sc2ccccc23)cc1. The summed E-state index contributed by atoms with van der Waals surface area (Å²) in [6.45, 7) is 0. The van der Waals surface area contributed by atoms with E-state index in [0.717, 1.165) is 5.69 Å². The predicted molar refractivity (Wildman–Crippen MR) is 133 cm³/mol. The second-order valence-electron chi connectivity index (χ2n) is 7.59. The van der Waals surface area contributed by atoms with E-state index in [2.05, 4.69) is 109 Å². The number of nitrogens with zero attached hydrogens (tertiary/aromatic N) is 1. The summed E-state index contributed by atoms with van der Waals surface area (Å²) in [6, 6.07) is 38.6. The van der Waals surface area contributed by atoms with Gasteiger partial charge in [0.15, 0.2) is 0 Å². The van der Waals surface area contributed by atoms with Gasteiger partial charge in [-0.05, 0) is 34.4 Å². The van der Waals surface area contributed by atoms with Crippen LogP contribution in [0.1, 0.15) is 0 Å². The van der Waals surface area contributed by atoms with Crippen molar-refractivity contribution in [1.29, 1.82) is 0 Å². The standard InChI is InChI=1S/C29H19NS/c1-2-10-20(11-3-1)21-12-4-5-13-22(21)23-14-6-7-16-25(23)28-29-26(18-19-30-28)24-15-8-9-17-27(24)31-29/h1-19H. The lowest BCUT2D eigenvalue weighted by Gasteiger charge is -2.14. The lowest BCUT2D eigenvalue weighted by Crippen LogP contribution is -1.90. The summed E-state index contributed by atoms with van der Waals surface area (Å²) >= 11 is 1.83. The molecule has 0 bridgehead atoms. The van der Waals surface area contributed by atoms with Crippen molar-refractivity contribution in [2.24, 2.45) is 0 Å². The summed E-state index contributed by atoms with van der Waals surface area (Å²) in [5.41, 5.74) is 7.11. The molecule has 0 saturated heterocycles. The van der Waals surface area contributed by atoms with E-state index in [1.807, 2.05) is 17.5 Å². The lowest BCUT2D eigenvalue weighted by atomic mass is 9.90. The van der Waals surface area contributed by atoms with Gasteiger partial charge in [0.2, 0.25) is 0 Å². The van der Waals surface area contributed by atoms with Crippen LogP contribution in [0.5, 0.6) is 0 Å². The average Bonchev–Trinajstić information content (AvgIpc) is 3.24. The fourth-order valence-corrected chi connectivity index (χ4v) is 5.56. The highest BCUT2D eigenvalue weighted by molar-refractivity contribution is 7.26. The summed E-state index contributed by atoms with van der Waals surface area (Å²) in [5.74, 6) is 0. The van der Waals surface area contributed by atoms with Crippen molar-refractivity contribution in [1.82, 2.24) is 4.98 Å². The number of fused-ring (bicyclic) bond motifs is 3. The molecule has 2 heterocycles. The van der Waals surface area contributed by atoms with E-state index in [0.29, 0.717) is 0 Å². The van der Waals surface area contributed by atoms with Gasteiger partial charge < -0.3 is 0 Å². The van der Waals surface area contributed by atoms with Crippen molar-refractivity contribution < 1.29 is 0 Å². The zero-order valence-corrected chi connectivity index (χ0v) is 17.6. The van der Waals surface area contributed by atoms with Crippen LogP contribution in [-0.2, 0) is 0 Å². The minimum Gasteiger partial charge on any atom is -0.255 e. The normalized spacial score (nSPS) is 11.2. The number of hydrogen-bond donors (Lipinski definition) is 0. The van der Waals surface area contributed by atoms with Crippen molar-refractivity contribution in [2.45, 2.75) is 0 Å². The van der Waals surface area contributed by atoms with Crippen LogP contribution < -0.4 is 0 Å². The Kier molecular flexibility index (Phi) is 4.37. The van der Waals surface area contributed by atoms with Gasteiger partial charge in [0, 0.05) is 27.2 Å². The average molecular weight is 414 g/mol. The molecule has 0 aliphatic rings. The highest BCUT2D eigenvalue weighted by Gasteiger charge is 2.16. The molecule has 2 aromatic heterocycles. The Morgan fingerprint density at radius 3 is 1.90 bits per heavy atom. The zero-order valence-electron chi connectivity index (χ0n) is 16.8. The van der Waals surface area contributed by atoms with Gasteiger partial charge in [-0.2, -0.15) is 0 Å². The van der Waals surface area contributed by atoms with Gasteiger partial charge >= 0.3 is 0 Å². The van der Waals surface area contributed by atoms with Crippen LogP contribution in [0, 0.1) is 0 Å². The molecule has 2 heteroatoms. The van der Waals surface area contributed by atoms with Crippen molar-refractivity contribution in [3.63, 3.8) is 0 Å². The number of hydrogen-bond acceptors (Lipinski definition) is 2. The molecule has 0 radical (unpaired) electrons. The van der Waals surface area contributed by atoms with E-state index in [1.165, 1.54) is 48.0 Å². The van der Waals surface area contributed by atoms with Gasteiger partial charge in [-0.25, -0.2) is 0 Å². The molecule has 0 aliphatic heterocycles. The van der Waals surface area contributed by atoms with Crippen LogP contribution in [-0.4, -0.2) is 4.98 Å². The summed E-state index contributed by atoms with van der Waals surface area (Å²) in [4.78, 5) is 4.87. The number of pyridine rings is 1. The Bertz CT molecular complexity index is 1530. The van der Waals surface area contributed by atoms with Gasteiger partial charge in [0.1, 0.15) is 0 Å². The van der Waals surface area contributed by atoms with E-state index < -0.39 is 0 Å². The second kappa shape index (κ2) is 7.50. The van der Waals surface area contributed by atoms with E-state index in [1.54, 1.807) is 0 Å². The fourth-order valence-electron chi connectivity index (χ4n) is 4.36. The highest BCUT2D eigenvalue weighted by atomic mass is 32.1. The highest BCUT2D eigenvalue weighted by Crippen LogP contribution is 2.43. The maximum Gasteiger partial charge on any atom is 0.0886 e. The minimum absolute atomic E-state index is 1.05. The monoisotopic (exact) mass is 413 g/mol. The molecule has 31 heavy (non-hydrogen) atoms. The fraction of sp³-hybridized carbons (Fsp3) is 0. The second-order valence-corrected chi connectivity index (χ2v) is 8.64. The maximum absolute atomic E-state index is 4.87. The van der Waals surface area contributed by atoms with Crippen LogP contribution in [0.25, 0.3) is 53.7 Å². The number of thiophene rings is 1. The molecule has 0 amide bonds. The number of aromatic nitrogens is 1. The van der Waals surface area contributed by atoms with Crippen molar-refractivity contribution in [3.8, 4) is 33.5 Å². The quantitative estimate of drug-likeness (QED) is 0.283. The van der Waals surface area contributed by atoms with Crippen LogP contribution in [0.3, 0.4) is 0 Å². The maximum atomic E-state index is 4.87. The van der Waals surface area contributed by atoms with Gasteiger partial charge in [-0.3, -0.25) is 4.98 Å². The van der Waals surface area contributed by atoms with E-state index in [9.17, 15) is 0 Å². The summed E-state index contributed by atoms with van der Waals surface area (Å²) in [6.07, 6.45) is 1.94. The van der Waals surface area contributed by atoms with E-state index in [4.69, 9.17) is 4.98 Å². The summed E-state index contributed by atoms with van der Waals surface area (Å²) in [5, 5.41) is 2.57. The molecular formula is C29H19NS. The minimum atomic E-state index is 1.05. The zero-order chi connectivity index (χ0) is 20.6. The molecule has 0 spiro atoms. The molecule has 6 rings (SSSR count). The Morgan fingerprint density at radius 1 is 0.484 bits per heavy atom. The molecule has 1 nitrogen and oxygen atoms in total. The smallest absolute Gasteiger partial charge is 0.0886 e. The Balaban J connectivity index is 1.63. The largest absolute Gasteiger partial charge is 0.255 e. The summed E-state index contributed by atoms with van der Waals surface area (Å²) < 4.78 is 2.54. The van der Waals surface area contributed by atoms with Crippen LogP contribution in [0.15, 0.2) is 115 Å². The Labute approximate surface area is 185 Å². The molecular weight excluding hydrogens is 394 g/mol. The summed E-state index contributed by atoms with van der Waals surface area (Å²) in [7, 11) is 0. The third-order valence-corrected chi connectivity index (χ3v) is 6.97. The Hall–Kier alpha value is -3.75. The number of benzene rings is 4. The molecule has 0 atom stereocenters. The lowest BCUT2D eigenvalue weighted by molar-refractivity contribution is 1.37. The van der Waals surface area contributed by atoms with Crippen molar-refractivity contribution in [2.75, 3.05) is 0 Å². The first-order valence-electron chi connectivity index (χ1n) is 10.4. The topological polar surface area (TPSA) is 12.9 Å². The third-order valence-electron chi connectivity index (χ3n) is 5.78. The first kappa shape index (κ1) is 18.1.